The Balaban J connectivity index is -0.000000500. The van der Waals surface area contributed by atoms with Gasteiger partial charge in [-0.3, -0.25) is 4.79 Å². The first-order valence-electron chi connectivity index (χ1n) is 3.23. The second kappa shape index (κ2) is 5.88. The number of carbonyl (C=O) groups excluding carboxylic acids is 2. The molecule has 12 heavy (non-hydrogen) atoms. The maximum atomic E-state index is 10.5. The molecule has 0 unspecified atom stereocenters. The van der Waals surface area contributed by atoms with E-state index in [9.17, 15) is 9.59 Å². The topological polar surface area (TPSA) is 52.6 Å². The summed E-state index contributed by atoms with van der Waals surface area (Å²) in [6.45, 7) is 6.68. The second-order valence-electron chi connectivity index (χ2n) is 3.12. The van der Waals surface area contributed by atoms with Gasteiger partial charge < -0.3 is 6.31 Å². The molecule has 0 rings (SSSR count). The van der Waals surface area contributed by atoms with Crippen LogP contribution in [0.1, 0.15) is 8.35 Å². The molecule has 0 aliphatic carbocycles. The molecular formula is C6H13NaO4Si. The van der Waals surface area contributed by atoms with Crippen molar-refractivity contribution in [3.05, 3.63) is 0 Å². The molecule has 6 heteroatoms. The van der Waals surface area contributed by atoms with E-state index in [1.165, 1.54) is 0 Å². The Kier molecular flexibility index (Phi) is 7.26. The number of hydrogen-bond acceptors (Lipinski definition) is 4. The van der Waals surface area contributed by atoms with Gasteiger partial charge >= 0.3 is 35.5 Å². The fourth-order valence-corrected chi connectivity index (χ4v) is 0.547. The van der Waals surface area contributed by atoms with E-state index < -0.39 is 20.1 Å². The van der Waals surface area contributed by atoms with Crippen molar-refractivity contribution in [2.45, 2.75) is 26.6 Å². The standard InChI is InChI=1S/C6H12O4Si.Na.H/c1-5(7)6(8)9-10-11(2,3)4;;/h1-4H3;;/q;+1;-1. The van der Waals surface area contributed by atoms with E-state index >= 15 is 0 Å². The summed E-state index contributed by atoms with van der Waals surface area (Å²) in [5.41, 5.74) is 0. The van der Waals surface area contributed by atoms with E-state index in [4.69, 9.17) is 4.58 Å². The first-order chi connectivity index (χ1) is 4.83. The number of carbonyl (C=O) groups is 2. The fourth-order valence-electron chi connectivity index (χ4n) is 0.222. The van der Waals surface area contributed by atoms with E-state index in [2.05, 4.69) is 4.89 Å². The Labute approximate surface area is 96.4 Å². The monoisotopic (exact) mass is 200 g/mol. The van der Waals surface area contributed by atoms with E-state index in [-0.39, 0.29) is 31.0 Å². The zero-order valence-electron chi connectivity index (χ0n) is 9.13. The maximum absolute atomic E-state index is 10.5. The van der Waals surface area contributed by atoms with Crippen LogP contribution in [0.15, 0.2) is 0 Å². The van der Waals surface area contributed by atoms with Crippen molar-refractivity contribution in [3.8, 4) is 0 Å². The third kappa shape index (κ3) is 8.41. The zero-order chi connectivity index (χ0) is 9.07. The van der Waals surface area contributed by atoms with Crippen LogP contribution >= 0.6 is 0 Å². The molecule has 0 aliphatic heterocycles. The molecule has 0 amide bonds. The molecular weight excluding hydrogens is 187 g/mol. The molecule has 0 radical (unpaired) electrons. The van der Waals surface area contributed by atoms with Gasteiger partial charge in [-0.15, -0.1) is 0 Å². The SMILES string of the molecule is CC(=O)C(=O)OO[Si](C)(C)C.[H-].[Na+]. The van der Waals surface area contributed by atoms with Gasteiger partial charge in [-0.05, 0) is 19.6 Å². The van der Waals surface area contributed by atoms with Gasteiger partial charge in [-0.25, -0.2) is 9.37 Å². The molecule has 0 aromatic rings. The van der Waals surface area contributed by atoms with Crippen molar-refractivity contribution in [1.82, 2.24) is 0 Å². The van der Waals surface area contributed by atoms with Crippen LogP contribution in [0.5, 0.6) is 0 Å². The molecule has 0 N–H and O–H groups in total. The van der Waals surface area contributed by atoms with Gasteiger partial charge in [0.25, 0.3) is 0 Å². The van der Waals surface area contributed by atoms with Gasteiger partial charge in [0.2, 0.25) is 14.1 Å². The summed E-state index contributed by atoms with van der Waals surface area (Å²) in [5, 5.41) is 0. The molecule has 0 aromatic heterocycles. The van der Waals surface area contributed by atoms with Crippen LogP contribution in [-0.2, 0) is 19.1 Å². The average Bonchev–Trinajstić information content (AvgIpc) is 1.80. The van der Waals surface area contributed by atoms with Crippen molar-refractivity contribution >= 4 is 20.1 Å². The molecule has 0 saturated heterocycles. The Morgan fingerprint density at radius 2 is 1.67 bits per heavy atom. The van der Waals surface area contributed by atoms with Crippen molar-refractivity contribution in [2.24, 2.45) is 0 Å². The predicted octanol–water partition coefficient (Wildman–Crippen LogP) is -2.00. The summed E-state index contributed by atoms with van der Waals surface area (Å²) in [6, 6.07) is 0. The van der Waals surface area contributed by atoms with Crippen LogP contribution in [0.2, 0.25) is 19.6 Å². The van der Waals surface area contributed by atoms with E-state index in [0.717, 1.165) is 6.92 Å². The molecule has 0 aliphatic rings. The van der Waals surface area contributed by atoms with Crippen molar-refractivity contribution in [1.29, 1.82) is 0 Å². The van der Waals surface area contributed by atoms with Gasteiger partial charge in [-0.1, -0.05) is 0 Å². The minimum atomic E-state index is -1.86. The fraction of sp³-hybridized carbons (Fsp3) is 0.667. The first-order valence-corrected chi connectivity index (χ1v) is 6.64. The molecule has 0 aromatic carbocycles. The predicted molar refractivity (Wildman–Crippen MR) is 42.3 cm³/mol. The zero-order valence-corrected chi connectivity index (χ0v) is 11.1. The quantitative estimate of drug-likeness (QED) is 0.229. The number of rotatable bonds is 3. The average molecular weight is 200 g/mol. The summed E-state index contributed by atoms with van der Waals surface area (Å²) in [4.78, 5) is 25.1. The minimum Gasteiger partial charge on any atom is -1.00 e. The van der Waals surface area contributed by atoms with Gasteiger partial charge in [-0.2, -0.15) is 0 Å². The molecule has 66 valence electrons. The van der Waals surface area contributed by atoms with Gasteiger partial charge in [0, 0.05) is 6.92 Å². The molecule has 0 fully saturated rings. The first kappa shape index (κ1) is 14.8. The van der Waals surface area contributed by atoms with Crippen LogP contribution in [0, 0.1) is 0 Å². The molecule has 0 atom stereocenters. The summed E-state index contributed by atoms with van der Waals surface area (Å²) in [7, 11) is -1.86. The van der Waals surface area contributed by atoms with E-state index in [1.54, 1.807) is 0 Å². The third-order valence-corrected chi connectivity index (χ3v) is 1.24. The van der Waals surface area contributed by atoms with Gasteiger partial charge in [0.1, 0.15) is 0 Å². The molecule has 0 spiro atoms. The number of hydrogen-bond donors (Lipinski definition) is 0. The van der Waals surface area contributed by atoms with Crippen LogP contribution in [0.4, 0.5) is 0 Å². The maximum Gasteiger partial charge on any atom is 1.00 e. The van der Waals surface area contributed by atoms with Crippen molar-refractivity contribution in [3.63, 3.8) is 0 Å². The minimum absolute atomic E-state index is 0. The van der Waals surface area contributed by atoms with Crippen LogP contribution in [0.25, 0.3) is 0 Å². The van der Waals surface area contributed by atoms with Crippen LogP contribution in [0.3, 0.4) is 0 Å². The molecule has 0 heterocycles. The molecule has 0 bridgehead atoms. The van der Waals surface area contributed by atoms with Gasteiger partial charge in [0.15, 0.2) is 0 Å². The Morgan fingerprint density at radius 3 is 1.92 bits per heavy atom. The second-order valence-corrected chi connectivity index (χ2v) is 7.51. The van der Waals surface area contributed by atoms with Crippen molar-refractivity contribution in [2.75, 3.05) is 0 Å². The van der Waals surface area contributed by atoms with E-state index in [0.29, 0.717) is 0 Å². The molecule has 4 nitrogen and oxygen atoms in total. The Morgan fingerprint density at radius 1 is 1.25 bits per heavy atom. The Hall–Kier alpha value is 0.317. The summed E-state index contributed by atoms with van der Waals surface area (Å²) >= 11 is 0. The van der Waals surface area contributed by atoms with E-state index in [1.807, 2.05) is 19.6 Å². The third-order valence-electron chi connectivity index (χ3n) is 0.655. The van der Waals surface area contributed by atoms with Crippen LogP contribution < -0.4 is 29.6 Å². The summed E-state index contributed by atoms with van der Waals surface area (Å²) < 4.78 is 4.72. The van der Waals surface area contributed by atoms with Gasteiger partial charge in [0.05, 0.1) is 0 Å². The van der Waals surface area contributed by atoms with Crippen LogP contribution in [-0.4, -0.2) is 20.1 Å². The molecule has 0 saturated carbocycles. The Bertz CT molecular complexity index is 180. The summed E-state index contributed by atoms with van der Waals surface area (Å²) in [5.74, 6) is -1.59. The number of ketones is 1. The van der Waals surface area contributed by atoms with Crippen molar-refractivity contribution < 1.29 is 50.0 Å². The number of Topliss-reactive ketones (excluding diaryl/α,β-unsaturated/α-hetero) is 1. The smallest absolute Gasteiger partial charge is 1.00 e. The normalized spacial score (nSPS) is 10.0. The summed E-state index contributed by atoms with van der Waals surface area (Å²) in [6.07, 6.45) is 0. The largest absolute Gasteiger partial charge is 1.00 e.